The molecule has 2 aromatic carbocycles. The van der Waals surface area contributed by atoms with Gasteiger partial charge in [0.1, 0.15) is 0 Å². The third-order valence-corrected chi connectivity index (χ3v) is 5.59. The highest BCUT2D eigenvalue weighted by Crippen LogP contribution is 2.67. The van der Waals surface area contributed by atoms with Crippen LogP contribution in [0.1, 0.15) is 42.2 Å². The fraction of sp³-hybridized carbons (Fsp3) is 0.412. The van der Waals surface area contributed by atoms with E-state index < -0.39 is 0 Å². The quantitative estimate of drug-likeness (QED) is 0.615. The van der Waals surface area contributed by atoms with Crippen molar-refractivity contribution in [2.24, 2.45) is 11.8 Å². The molecule has 0 aromatic heterocycles. The molecule has 17 heavy (non-hydrogen) atoms. The summed E-state index contributed by atoms with van der Waals surface area (Å²) in [4.78, 5) is 0. The Kier molecular flexibility index (Phi) is 1.41. The molecule has 2 fully saturated rings. The van der Waals surface area contributed by atoms with Gasteiger partial charge < -0.3 is 0 Å². The SMILES string of the molecule is c1ccc2cc3c(cc2c1)C1C2CCC(C2)C31. The highest BCUT2D eigenvalue weighted by Gasteiger charge is 2.55. The Labute approximate surface area is 102 Å². The van der Waals surface area contributed by atoms with Crippen molar-refractivity contribution in [3.8, 4) is 0 Å². The standard InChI is InChI=1S/C17H16/c1-2-4-11-9-15-14(8-10(11)3-1)16-12-5-6-13(7-12)17(15)16/h1-4,8-9,12-13,16-17H,5-7H2. The molecule has 4 atom stereocenters. The van der Waals surface area contributed by atoms with Crippen LogP contribution in [-0.4, -0.2) is 0 Å². The largest absolute Gasteiger partial charge is 0.0616 e. The molecule has 2 aromatic rings. The molecule has 0 heteroatoms. The summed E-state index contributed by atoms with van der Waals surface area (Å²) in [5, 5.41) is 2.87. The van der Waals surface area contributed by atoms with Crippen LogP contribution in [-0.2, 0) is 0 Å². The van der Waals surface area contributed by atoms with Crippen molar-refractivity contribution in [3.63, 3.8) is 0 Å². The molecule has 3 aliphatic carbocycles. The lowest BCUT2D eigenvalue weighted by molar-refractivity contribution is 0.323. The smallest absolute Gasteiger partial charge is 0.00588 e. The lowest BCUT2D eigenvalue weighted by Gasteiger charge is -2.43. The van der Waals surface area contributed by atoms with Crippen LogP contribution in [0.5, 0.6) is 0 Å². The Balaban J connectivity index is 1.77. The Hall–Kier alpha value is -1.30. The molecule has 0 nitrogen and oxygen atoms in total. The molecule has 0 heterocycles. The summed E-state index contributed by atoms with van der Waals surface area (Å²) in [6.45, 7) is 0. The summed E-state index contributed by atoms with van der Waals surface area (Å²) in [6, 6.07) is 13.8. The van der Waals surface area contributed by atoms with E-state index in [2.05, 4.69) is 36.4 Å². The van der Waals surface area contributed by atoms with Gasteiger partial charge in [-0.25, -0.2) is 0 Å². The van der Waals surface area contributed by atoms with Crippen LogP contribution in [0.25, 0.3) is 10.8 Å². The van der Waals surface area contributed by atoms with Crippen LogP contribution < -0.4 is 0 Å². The molecular weight excluding hydrogens is 204 g/mol. The second kappa shape index (κ2) is 2.75. The highest BCUT2D eigenvalue weighted by atomic mass is 14.6. The second-order valence-electron chi connectivity index (χ2n) is 6.21. The molecule has 0 saturated heterocycles. The molecule has 3 aliphatic rings. The van der Waals surface area contributed by atoms with Gasteiger partial charge in [-0.05, 0) is 64.8 Å². The number of benzene rings is 2. The maximum atomic E-state index is 2.48. The lowest BCUT2D eigenvalue weighted by atomic mass is 9.61. The monoisotopic (exact) mass is 220 g/mol. The predicted molar refractivity (Wildman–Crippen MR) is 70.3 cm³/mol. The second-order valence-corrected chi connectivity index (χ2v) is 6.21. The van der Waals surface area contributed by atoms with E-state index in [1.54, 1.807) is 11.1 Å². The molecule has 0 aliphatic heterocycles. The van der Waals surface area contributed by atoms with Gasteiger partial charge in [0.25, 0.3) is 0 Å². The zero-order valence-corrected chi connectivity index (χ0v) is 9.89. The third kappa shape index (κ3) is 0.922. The van der Waals surface area contributed by atoms with Crippen molar-refractivity contribution in [1.29, 1.82) is 0 Å². The van der Waals surface area contributed by atoms with Crippen molar-refractivity contribution in [2.45, 2.75) is 31.1 Å². The maximum absolute atomic E-state index is 2.48. The van der Waals surface area contributed by atoms with Crippen LogP contribution in [0.15, 0.2) is 36.4 Å². The molecule has 5 rings (SSSR count). The Bertz CT molecular complexity index is 570. The van der Waals surface area contributed by atoms with Gasteiger partial charge in [0.15, 0.2) is 0 Å². The summed E-state index contributed by atoms with van der Waals surface area (Å²) in [6.07, 6.45) is 4.51. The van der Waals surface area contributed by atoms with Crippen molar-refractivity contribution in [1.82, 2.24) is 0 Å². The van der Waals surface area contributed by atoms with Gasteiger partial charge in [-0.1, -0.05) is 36.4 Å². The van der Waals surface area contributed by atoms with Gasteiger partial charge in [-0.2, -0.15) is 0 Å². The van der Waals surface area contributed by atoms with E-state index in [0.717, 1.165) is 23.7 Å². The Morgan fingerprint density at radius 3 is 1.82 bits per heavy atom. The fourth-order valence-corrected chi connectivity index (χ4v) is 4.94. The van der Waals surface area contributed by atoms with Crippen molar-refractivity contribution >= 4 is 10.8 Å². The van der Waals surface area contributed by atoms with E-state index in [1.165, 1.54) is 30.0 Å². The summed E-state index contributed by atoms with van der Waals surface area (Å²) < 4.78 is 0. The molecule has 0 amide bonds. The van der Waals surface area contributed by atoms with E-state index in [9.17, 15) is 0 Å². The van der Waals surface area contributed by atoms with E-state index in [1.807, 2.05) is 0 Å². The first-order chi connectivity index (χ1) is 8.42. The molecule has 0 spiro atoms. The zero-order chi connectivity index (χ0) is 11.0. The Morgan fingerprint density at radius 2 is 1.29 bits per heavy atom. The predicted octanol–water partition coefficient (Wildman–Crippen LogP) is 4.45. The normalized spacial score (nSPS) is 36.7. The molecule has 2 bridgehead atoms. The zero-order valence-electron chi connectivity index (χ0n) is 9.89. The van der Waals surface area contributed by atoms with Crippen LogP contribution in [0.3, 0.4) is 0 Å². The van der Waals surface area contributed by atoms with E-state index in [0.29, 0.717) is 0 Å². The summed E-state index contributed by atoms with van der Waals surface area (Å²) >= 11 is 0. The van der Waals surface area contributed by atoms with Crippen molar-refractivity contribution in [3.05, 3.63) is 47.5 Å². The van der Waals surface area contributed by atoms with Gasteiger partial charge >= 0.3 is 0 Å². The van der Waals surface area contributed by atoms with Crippen molar-refractivity contribution < 1.29 is 0 Å². The third-order valence-electron chi connectivity index (χ3n) is 5.59. The van der Waals surface area contributed by atoms with E-state index in [-0.39, 0.29) is 0 Å². The topological polar surface area (TPSA) is 0 Å². The molecule has 2 saturated carbocycles. The summed E-state index contributed by atoms with van der Waals surface area (Å²) in [7, 11) is 0. The minimum absolute atomic E-state index is 0.938. The van der Waals surface area contributed by atoms with E-state index >= 15 is 0 Å². The number of hydrogen-bond acceptors (Lipinski definition) is 0. The highest BCUT2D eigenvalue weighted by molar-refractivity contribution is 5.85. The molecule has 4 unspecified atom stereocenters. The summed E-state index contributed by atoms with van der Waals surface area (Å²) in [5.74, 6) is 3.93. The molecule has 0 radical (unpaired) electrons. The first kappa shape index (κ1) is 8.74. The van der Waals surface area contributed by atoms with Crippen LogP contribution in [0.4, 0.5) is 0 Å². The van der Waals surface area contributed by atoms with Crippen LogP contribution in [0.2, 0.25) is 0 Å². The molecule has 0 N–H and O–H groups in total. The number of hydrogen-bond donors (Lipinski definition) is 0. The van der Waals surface area contributed by atoms with Gasteiger partial charge in [-0.3, -0.25) is 0 Å². The van der Waals surface area contributed by atoms with Gasteiger partial charge in [0.05, 0.1) is 0 Å². The average Bonchev–Trinajstić information content (AvgIpc) is 2.92. The fourth-order valence-electron chi connectivity index (χ4n) is 4.94. The van der Waals surface area contributed by atoms with Crippen LogP contribution >= 0.6 is 0 Å². The molecular formula is C17H16. The van der Waals surface area contributed by atoms with Crippen LogP contribution in [0, 0.1) is 11.8 Å². The first-order valence-corrected chi connectivity index (χ1v) is 6.94. The van der Waals surface area contributed by atoms with Gasteiger partial charge in [0, 0.05) is 0 Å². The lowest BCUT2D eigenvalue weighted by Crippen LogP contribution is -2.29. The number of fused-ring (bicyclic) bond motifs is 9. The van der Waals surface area contributed by atoms with Gasteiger partial charge in [0.2, 0.25) is 0 Å². The van der Waals surface area contributed by atoms with Gasteiger partial charge in [-0.15, -0.1) is 0 Å². The number of rotatable bonds is 0. The Morgan fingerprint density at radius 1 is 0.765 bits per heavy atom. The molecule has 84 valence electrons. The summed E-state index contributed by atoms with van der Waals surface area (Å²) in [5.41, 5.74) is 3.39. The van der Waals surface area contributed by atoms with E-state index in [4.69, 9.17) is 0 Å². The maximum Gasteiger partial charge on any atom is -0.00588 e. The average molecular weight is 220 g/mol. The minimum atomic E-state index is 0.938. The first-order valence-electron chi connectivity index (χ1n) is 6.94. The van der Waals surface area contributed by atoms with Crippen molar-refractivity contribution in [2.75, 3.05) is 0 Å². The minimum Gasteiger partial charge on any atom is -0.0616 e.